The average Bonchev–Trinajstić information content (AvgIpc) is 3.30. The molecule has 2 N–H and O–H groups in total. The number of anilines is 2. The van der Waals surface area contributed by atoms with Crippen molar-refractivity contribution >= 4 is 35.0 Å². The molecular weight excluding hydrogens is 481 g/mol. The van der Waals surface area contributed by atoms with E-state index in [0.29, 0.717) is 22.4 Å². The predicted molar refractivity (Wildman–Crippen MR) is 137 cm³/mol. The lowest BCUT2D eigenvalue weighted by Crippen LogP contribution is -2.15. The van der Waals surface area contributed by atoms with Gasteiger partial charge in [-0.2, -0.15) is 0 Å². The van der Waals surface area contributed by atoms with Gasteiger partial charge in [-0.1, -0.05) is 42.1 Å². The Bertz CT molecular complexity index is 1350. The largest absolute Gasteiger partial charge is 0.480 e. The maximum Gasteiger partial charge on any atom is 0.234 e. The number of nitrogens with one attached hydrogen (secondary N) is 2. The molecule has 4 aromatic rings. The standard InChI is InChI=1S/C26H24FN5O3S/c1-17(35-23-11-7-6-10-22(23)27)25-30-31-26(32(25)21-8-4-3-5-9-21)36-16-24(34)29-20-14-12-19(13-15-20)28-18(2)33/h3-15,17H,16H2,1-2H3,(H,28,33)(H,29,34). The van der Waals surface area contributed by atoms with Crippen LogP contribution in [0.25, 0.3) is 5.69 Å². The van der Waals surface area contributed by atoms with E-state index in [-0.39, 0.29) is 23.3 Å². The second-order valence-corrected chi connectivity index (χ2v) is 8.74. The van der Waals surface area contributed by atoms with Gasteiger partial charge in [-0.3, -0.25) is 14.2 Å². The summed E-state index contributed by atoms with van der Waals surface area (Å²) >= 11 is 1.22. The van der Waals surface area contributed by atoms with Crippen molar-refractivity contribution in [3.05, 3.63) is 90.5 Å². The lowest BCUT2D eigenvalue weighted by Gasteiger charge is -2.17. The monoisotopic (exact) mass is 505 g/mol. The van der Waals surface area contributed by atoms with Crippen LogP contribution in [0.3, 0.4) is 0 Å². The Labute approximate surface area is 211 Å². The zero-order chi connectivity index (χ0) is 25.5. The molecule has 0 spiro atoms. The summed E-state index contributed by atoms with van der Waals surface area (Å²) in [5.74, 6) is -0.190. The summed E-state index contributed by atoms with van der Waals surface area (Å²) in [6.07, 6.45) is -0.611. The maximum atomic E-state index is 14.1. The summed E-state index contributed by atoms with van der Waals surface area (Å²) in [5, 5.41) is 14.6. The lowest BCUT2D eigenvalue weighted by atomic mass is 10.3. The van der Waals surface area contributed by atoms with Gasteiger partial charge >= 0.3 is 0 Å². The molecule has 0 fully saturated rings. The van der Waals surface area contributed by atoms with Crippen molar-refractivity contribution in [3.8, 4) is 11.4 Å². The Morgan fingerprint density at radius 1 is 0.944 bits per heavy atom. The molecule has 36 heavy (non-hydrogen) atoms. The molecule has 0 bridgehead atoms. The van der Waals surface area contributed by atoms with Crippen molar-refractivity contribution in [1.82, 2.24) is 14.8 Å². The van der Waals surface area contributed by atoms with Crippen LogP contribution >= 0.6 is 11.8 Å². The minimum atomic E-state index is -0.611. The van der Waals surface area contributed by atoms with Gasteiger partial charge < -0.3 is 15.4 Å². The van der Waals surface area contributed by atoms with Crippen molar-refractivity contribution < 1.29 is 18.7 Å². The maximum absolute atomic E-state index is 14.1. The zero-order valence-electron chi connectivity index (χ0n) is 19.6. The number of carbonyl (C=O) groups excluding carboxylic acids is 2. The highest BCUT2D eigenvalue weighted by molar-refractivity contribution is 7.99. The Hall–Kier alpha value is -4.18. The number of amides is 2. The Kier molecular flexibility index (Phi) is 7.96. The van der Waals surface area contributed by atoms with Gasteiger partial charge in [0, 0.05) is 24.0 Å². The molecule has 0 saturated carbocycles. The fourth-order valence-electron chi connectivity index (χ4n) is 3.41. The van der Waals surface area contributed by atoms with Crippen LogP contribution in [0, 0.1) is 5.82 Å². The molecule has 1 heterocycles. The topological polar surface area (TPSA) is 98.1 Å². The molecular formula is C26H24FN5O3S. The average molecular weight is 506 g/mol. The summed E-state index contributed by atoms with van der Waals surface area (Å²) in [4.78, 5) is 23.7. The molecule has 3 aromatic carbocycles. The highest BCUT2D eigenvalue weighted by Crippen LogP contribution is 2.29. The van der Waals surface area contributed by atoms with E-state index in [1.807, 2.05) is 30.3 Å². The first-order valence-electron chi connectivity index (χ1n) is 11.1. The molecule has 0 aliphatic carbocycles. The van der Waals surface area contributed by atoms with E-state index in [9.17, 15) is 14.0 Å². The van der Waals surface area contributed by atoms with Gasteiger partial charge in [0.1, 0.15) is 0 Å². The minimum Gasteiger partial charge on any atom is -0.480 e. The fraction of sp³-hybridized carbons (Fsp3) is 0.154. The number of halogens is 1. The number of thioether (sulfide) groups is 1. The summed E-state index contributed by atoms with van der Waals surface area (Å²) in [5.41, 5.74) is 2.04. The first-order valence-corrected chi connectivity index (χ1v) is 12.1. The summed E-state index contributed by atoms with van der Waals surface area (Å²) in [7, 11) is 0. The number of rotatable bonds is 9. The van der Waals surface area contributed by atoms with Crippen LogP contribution < -0.4 is 15.4 Å². The van der Waals surface area contributed by atoms with Crippen molar-refractivity contribution in [3.63, 3.8) is 0 Å². The highest BCUT2D eigenvalue weighted by Gasteiger charge is 2.22. The van der Waals surface area contributed by atoms with Gasteiger partial charge in [0.25, 0.3) is 0 Å². The van der Waals surface area contributed by atoms with Crippen molar-refractivity contribution in [2.45, 2.75) is 25.1 Å². The van der Waals surface area contributed by atoms with E-state index in [1.165, 1.54) is 24.8 Å². The van der Waals surface area contributed by atoms with Gasteiger partial charge in [-0.25, -0.2) is 4.39 Å². The third-order valence-corrected chi connectivity index (χ3v) is 5.93. The van der Waals surface area contributed by atoms with E-state index in [4.69, 9.17) is 4.74 Å². The first-order chi connectivity index (χ1) is 17.4. The van der Waals surface area contributed by atoms with Crippen LogP contribution in [-0.2, 0) is 9.59 Å². The molecule has 10 heteroatoms. The van der Waals surface area contributed by atoms with Crippen LogP contribution in [0.4, 0.5) is 15.8 Å². The molecule has 0 saturated heterocycles. The molecule has 184 valence electrons. The van der Waals surface area contributed by atoms with Crippen LogP contribution in [0.1, 0.15) is 25.8 Å². The highest BCUT2D eigenvalue weighted by atomic mass is 32.2. The van der Waals surface area contributed by atoms with Crippen molar-refractivity contribution in [2.24, 2.45) is 0 Å². The molecule has 0 aliphatic heterocycles. The lowest BCUT2D eigenvalue weighted by molar-refractivity contribution is -0.114. The zero-order valence-corrected chi connectivity index (χ0v) is 20.5. The number of ether oxygens (including phenoxy) is 1. The van der Waals surface area contributed by atoms with Crippen LogP contribution in [0.2, 0.25) is 0 Å². The normalized spacial score (nSPS) is 11.5. The van der Waals surface area contributed by atoms with E-state index in [2.05, 4.69) is 20.8 Å². The Balaban J connectivity index is 1.48. The number of nitrogens with zero attached hydrogens (tertiary/aromatic N) is 3. The number of aromatic nitrogens is 3. The summed E-state index contributed by atoms with van der Waals surface area (Å²) in [6.45, 7) is 3.20. The van der Waals surface area contributed by atoms with Crippen LogP contribution in [-0.4, -0.2) is 32.3 Å². The molecule has 0 radical (unpaired) electrons. The molecule has 0 aliphatic rings. The van der Waals surface area contributed by atoms with Gasteiger partial charge in [-0.05, 0) is 55.5 Å². The minimum absolute atomic E-state index is 0.0843. The number of hydrogen-bond donors (Lipinski definition) is 2. The van der Waals surface area contributed by atoms with E-state index in [0.717, 1.165) is 5.69 Å². The third-order valence-electron chi connectivity index (χ3n) is 5.00. The molecule has 1 unspecified atom stereocenters. The molecule has 1 aromatic heterocycles. The van der Waals surface area contributed by atoms with E-state index < -0.39 is 11.9 Å². The SMILES string of the molecule is CC(=O)Nc1ccc(NC(=O)CSc2nnc(C(C)Oc3ccccc3F)n2-c2ccccc2)cc1. The number of para-hydroxylation sites is 2. The molecule has 2 amide bonds. The van der Waals surface area contributed by atoms with Gasteiger partial charge in [-0.15, -0.1) is 10.2 Å². The summed E-state index contributed by atoms with van der Waals surface area (Å²) in [6, 6.07) is 22.4. The van der Waals surface area contributed by atoms with Gasteiger partial charge in [0.2, 0.25) is 11.8 Å². The Morgan fingerprint density at radius 2 is 1.58 bits per heavy atom. The van der Waals surface area contributed by atoms with Gasteiger partial charge in [0.15, 0.2) is 28.7 Å². The van der Waals surface area contributed by atoms with Crippen molar-refractivity contribution in [2.75, 3.05) is 16.4 Å². The quantitative estimate of drug-likeness (QED) is 0.302. The molecule has 1 atom stereocenters. The smallest absolute Gasteiger partial charge is 0.234 e. The van der Waals surface area contributed by atoms with Crippen molar-refractivity contribution in [1.29, 1.82) is 0 Å². The number of hydrogen-bond acceptors (Lipinski definition) is 6. The molecule has 8 nitrogen and oxygen atoms in total. The fourth-order valence-corrected chi connectivity index (χ4v) is 4.17. The summed E-state index contributed by atoms with van der Waals surface area (Å²) < 4.78 is 21.8. The second-order valence-electron chi connectivity index (χ2n) is 7.80. The molecule has 4 rings (SSSR count). The number of benzene rings is 3. The van der Waals surface area contributed by atoms with E-state index in [1.54, 1.807) is 54.0 Å². The van der Waals surface area contributed by atoms with Crippen LogP contribution in [0.5, 0.6) is 5.75 Å². The first kappa shape index (κ1) is 24.9. The third kappa shape index (κ3) is 6.28. The number of carbonyl (C=O) groups is 2. The Morgan fingerprint density at radius 3 is 2.25 bits per heavy atom. The van der Waals surface area contributed by atoms with Gasteiger partial charge in [0.05, 0.1) is 5.75 Å². The second kappa shape index (κ2) is 11.5. The van der Waals surface area contributed by atoms with E-state index >= 15 is 0 Å². The predicted octanol–water partition coefficient (Wildman–Crippen LogP) is 5.24. The van der Waals surface area contributed by atoms with Crippen LogP contribution in [0.15, 0.2) is 84.0 Å².